The van der Waals surface area contributed by atoms with Crippen LogP contribution in [0.5, 0.6) is 5.75 Å². The molecule has 0 amide bonds. The Balaban J connectivity index is 2.70. The second kappa shape index (κ2) is 7.62. The molecule has 0 saturated carbocycles. The Kier molecular flexibility index (Phi) is 6.47. The van der Waals surface area contributed by atoms with Crippen LogP contribution in [0.1, 0.15) is 50.3 Å². The second-order valence-corrected chi connectivity index (χ2v) is 5.97. The summed E-state index contributed by atoms with van der Waals surface area (Å²) in [4.78, 5) is 0. The van der Waals surface area contributed by atoms with Crippen molar-refractivity contribution < 1.29 is 4.65 Å². The highest BCUT2D eigenvalue weighted by atomic mass is 16.4. The van der Waals surface area contributed by atoms with Crippen LogP contribution in [0.15, 0.2) is 12.1 Å². The minimum atomic E-state index is 0.356. The molecule has 0 saturated heterocycles. The minimum Gasteiger partial charge on any atom is -0.560 e. The number of rotatable bonds is 7. The largest absolute Gasteiger partial charge is 0.560 e. The van der Waals surface area contributed by atoms with Crippen molar-refractivity contribution in [2.45, 2.75) is 67.0 Å². The molecule has 2 heteroatoms. The highest BCUT2D eigenvalue weighted by molar-refractivity contribution is 6.52. The first-order chi connectivity index (χ1) is 8.97. The maximum absolute atomic E-state index is 6.28. The molecule has 0 aromatic heterocycles. The molecule has 0 heterocycles. The van der Waals surface area contributed by atoms with Gasteiger partial charge in [-0.05, 0) is 50.5 Å². The molecule has 1 aromatic rings. The van der Waals surface area contributed by atoms with Gasteiger partial charge in [0.1, 0.15) is 5.75 Å². The Morgan fingerprint density at radius 2 is 1.68 bits per heavy atom. The van der Waals surface area contributed by atoms with Crippen molar-refractivity contribution in [1.29, 1.82) is 0 Å². The van der Waals surface area contributed by atoms with Crippen LogP contribution < -0.4 is 4.65 Å². The fourth-order valence-electron chi connectivity index (χ4n) is 2.54. The topological polar surface area (TPSA) is 9.23 Å². The van der Waals surface area contributed by atoms with E-state index in [1.54, 1.807) is 0 Å². The Labute approximate surface area is 119 Å². The number of aryl methyl sites for hydroxylation is 3. The van der Waals surface area contributed by atoms with Crippen molar-refractivity contribution in [2.75, 3.05) is 0 Å². The lowest BCUT2D eigenvalue weighted by Crippen LogP contribution is -2.22. The van der Waals surface area contributed by atoms with Crippen LogP contribution in [-0.4, -0.2) is 6.92 Å². The zero-order valence-electron chi connectivity index (χ0n) is 13.5. The third-order valence-electron chi connectivity index (χ3n) is 4.02. The molecule has 1 nitrogen and oxygen atoms in total. The van der Waals surface area contributed by atoms with Crippen molar-refractivity contribution in [2.24, 2.45) is 5.92 Å². The Morgan fingerprint density at radius 3 is 2.16 bits per heavy atom. The molecular formula is C17H29BO. The summed E-state index contributed by atoms with van der Waals surface area (Å²) in [5.74, 6) is 1.90. The van der Waals surface area contributed by atoms with E-state index in [4.69, 9.17) is 4.65 Å². The van der Waals surface area contributed by atoms with Crippen LogP contribution >= 0.6 is 0 Å². The summed E-state index contributed by atoms with van der Waals surface area (Å²) < 4.78 is 6.28. The maximum atomic E-state index is 6.28. The molecule has 0 radical (unpaired) electrons. The van der Waals surface area contributed by atoms with Gasteiger partial charge in [-0.15, -0.1) is 0 Å². The van der Waals surface area contributed by atoms with Gasteiger partial charge in [-0.3, -0.25) is 0 Å². The van der Waals surface area contributed by atoms with Crippen LogP contribution in [0.2, 0.25) is 12.6 Å². The van der Waals surface area contributed by atoms with Gasteiger partial charge in [-0.1, -0.05) is 51.3 Å². The van der Waals surface area contributed by atoms with E-state index in [-0.39, 0.29) is 0 Å². The molecule has 1 atom stereocenters. The molecule has 0 spiro atoms. The fourth-order valence-corrected chi connectivity index (χ4v) is 2.54. The summed E-state index contributed by atoms with van der Waals surface area (Å²) in [6, 6.07) is 4.42. The van der Waals surface area contributed by atoms with Crippen molar-refractivity contribution in [3.05, 3.63) is 28.8 Å². The van der Waals surface area contributed by atoms with Crippen LogP contribution in [0.25, 0.3) is 0 Å². The predicted octanol–water partition coefficient (Wildman–Crippen LogP) is 5.44. The van der Waals surface area contributed by atoms with Gasteiger partial charge in [0, 0.05) is 0 Å². The smallest absolute Gasteiger partial charge is 0.357 e. The highest BCUT2D eigenvalue weighted by Crippen LogP contribution is 2.27. The van der Waals surface area contributed by atoms with E-state index in [1.165, 1.54) is 29.5 Å². The minimum absolute atomic E-state index is 0.356. The Hall–Kier alpha value is -0.915. The van der Waals surface area contributed by atoms with Gasteiger partial charge < -0.3 is 4.65 Å². The van der Waals surface area contributed by atoms with E-state index in [2.05, 4.69) is 53.7 Å². The zero-order valence-corrected chi connectivity index (χ0v) is 13.5. The van der Waals surface area contributed by atoms with Gasteiger partial charge in [0.05, 0.1) is 0 Å². The van der Waals surface area contributed by atoms with E-state index in [1.807, 2.05) is 0 Å². The maximum Gasteiger partial charge on any atom is 0.357 e. The number of benzene rings is 1. The van der Waals surface area contributed by atoms with Crippen LogP contribution in [0, 0.1) is 26.7 Å². The van der Waals surface area contributed by atoms with E-state index in [9.17, 15) is 0 Å². The summed E-state index contributed by atoms with van der Waals surface area (Å²) in [6.07, 6.45) is 4.78. The molecule has 1 aromatic carbocycles. The van der Waals surface area contributed by atoms with E-state index >= 15 is 0 Å². The first-order valence-electron chi connectivity index (χ1n) is 7.72. The Morgan fingerprint density at radius 1 is 1.11 bits per heavy atom. The molecule has 0 aliphatic carbocycles. The standard InChI is InChI=1S/C17H29BO/c1-7-13(3)9-10-18(8-2)19-17-15(5)11-14(4)12-16(17)6/h11-13H,7-10H2,1-6H3. The van der Waals surface area contributed by atoms with Gasteiger partial charge in [0.25, 0.3) is 0 Å². The molecule has 0 fully saturated rings. The molecule has 0 N–H and O–H groups in total. The highest BCUT2D eigenvalue weighted by Gasteiger charge is 2.18. The van der Waals surface area contributed by atoms with Crippen LogP contribution in [-0.2, 0) is 0 Å². The van der Waals surface area contributed by atoms with Gasteiger partial charge in [-0.25, -0.2) is 0 Å². The van der Waals surface area contributed by atoms with Crippen LogP contribution in [0.3, 0.4) is 0 Å². The van der Waals surface area contributed by atoms with Crippen molar-refractivity contribution in [3.63, 3.8) is 0 Å². The molecule has 0 bridgehead atoms. The summed E-state index contributed by atoms with van der Waals surface area (Å²) in [5, 5.41) is 0. The molecular weight excluding hydrogens is 231 g/mol. The number of hydrogen-bond donors (Lipinski definition) is 0. The third kappa shape index (κ3) is 4.93. The van der Waals surface area contributed by atoms with Gasteiger partial charge in [0.15, 0.2) is 0 Å². The molecule has 19 heavy (non-hydrogen) atoms. The van der Waals surface area contributed by atoms with E-state index < -0.39 is 0 Å². The van der Waals surface area contributed by atoms with E-state index in [0.717, 1.165) is 24.3 Å². The lowest BCUT2D eigenvalue weighted by Gasteiger charge is -2.20. The molecule has 1 unspecified atom stereocenters. The van der Waals surface area contributed by atoms with E-state index in [0.29, 0.717) is 6.92 Å². The average Bonchev–Trinajstić information content (AvgIpc) is 2.36. The normalized spacial score (nSPS) is 12.3. The summed E-state index contributed by atoms with van der Waals surface area (Å²) in [5.41, 5.74) is 3.84. The SMILES string of the molecule is CCB(CCC(C)CC)Oc1c(C)cc(C)cc1C. The fraction of sp³-hybridized carbons (Fsp3) is 0.647. The summed E-state index contributed by atoms with van der Waals surface area (Å²) in [6.45, 7) is 13.6. The average molecular weight is 260 g/mol. The molecule has 0 aliphatic heterocycles. The lowest BCUT2D eigenvalue weighted by molar-refractivity contribution is 0.508. The van der Waals surface area contributed by atoms with Gasteiger partial charge in [0.2, 0.25) is 0 Å². The van der Waals surface area contributed by atoms with Crippen molar-refractivity contribution in [3.8, 4) is 5.75 Å². The number of hydrogen-bond acceptors (Lipinski definition) is 1. The quantitative estimate of drug-likeness (QED) is 0.593. The lowest BCUT2D eigenvalue weighted by atomic mass is 9.60. The molecule has 1 rings (SSSR count). The second-order valence-electron chi connectivity index (χ2n) is 5.97. The van der Waals surface area contributed by atoms with Gasteiger partial charge in [-0.2, -0.15) is 0 Å². The van der Waals surface area contributed by atoms with Gasteiger partial charge >= 0.3 is 6.92 Å². The Bertz CT molecular complexity index is 377. The summed E-state index contributed by atoms with van der Waals surface area (Å²) in [7, 11) is 0. The van der Waals surface area contributed by atoms with Crippen molar-refractivity contribution in [1.82, 2.24) is 0 Å². The van der Waals surface area contributed by atoms with Crippen molar-refractivity contribution >= 4 is 6.92 Å². The summed E-state index contributed by atoms with van der Waals surface area (Å²) >= 11 is 0. The predicted molar refractivity (Wildman–Crippen MR) is 86.4 cm³/mol. The van der Waals surface area contributed by atoms with Crippen LogP contribution in [0.4, 0.5) is 0 Å². The molecule has 106 valence electrons. The zero-order chi connectivity index (χ0) is 14.4. The first kappa shape index (κ1) is 16.1. The third-order valence-corrected chi connectivity index (χ3v) is 4.02. The molecule has 0 aliphatic rings. The first-order valence-corrected chi connectivity index (χ1v) is 7.72. The monoisotopic (exact) mass is 260 g/mol.